The summed E-state index contributed by atoms with van der Waals surface area (Å²) in [5.74, 6) is -0.0499. The van der Waals surface area contributed by atoms with Gasteiger partial charge in [-0.25, -0.2) is 0 Å². The van der Waals surface area contributed by atoms with E-state index in [1.807, 2.05) is 54.6 Å². The molecule has 1 fully saturated rings. The molecule has 1 aliphatic heterocycles. The number of esters is 1. The van der Waals surface area contributed by atoms with E-state index in [1.54, 1.807) is 12.0 Å². The molecular weight excluding hydrogens is 306 g/mol. The molecule has 1 saturated heterocycles. The number of ether oxygens (including phenoxy) is 2. The highest BCUT2D eigenvalue weighted by atomic mass is 16.5. The van der Waals surface area contributed by atoms with Crippen LogP contribution in [-0.4, -0.2) is 25.5 Å². The number of carbonyl (C=O) groups excluding carboxylic acids is 2. The fourth-order valence-corrected chi connectivity index (χ4v) is 2.72. The Morgan fingerprint density at radius 2 is 1.83 bits per heavy atom. The molecule has 124 valence electrons. The quantitative estimate of drug-likeness (QED) is 0.793. The minimum atomic E-state index is -0.420. The molecule has 0 radical (unpaired) electrons. The molecular formula is C19H19NO4. The Morgan fingerprint density at radius 1 is 1.12 bits per heavy atom. The molecule has 1 heterocycles. The maximum atomic E-state index is 12.2. The van der Waals surface area contributed by atoms with E-state index in [0.29, 0.717) is 6.54 Å². The third-order valence-electron chi connectivity index (χ3n) is 4.07. The van der Waals surface area contributed by atoms with Crippen LogP contribution in [0.25, 0.3) is 0 Å². The Morgan fingerprint density at radius 3 is 2.50 bits per heavy atom. The van der Waals surface area contributed by atoms with Crippen LogP contribution in [0, 0.1) is 5.92 Å². The highest BCUT2D eigenvalue weighted by Gasteiger charge is 2.36. The first-order valence-electron chi connectivity index (χ1n) is 7.82. The number of methoxy groups -OCH3 is 1. The van der Waals surface area contributed by atoms with Crippen molar-refractivity contribution in [2.24, 2.45) is 5.92 Å². The Hall–Kier alpha value is -2.82. The summed E-state index contributed by atoms with van der Waals surface area (Å²) in [6, 6.07) is 16.7. The van der Waals surface area contributed by atoms with E-state index in [4.69, 9.17) is 9.47 Å². The van der Waals surface area contributed by atoms with Crippen molar-refractivity contribution in [1.29, 1.82) is 0 Å². The topological polar surface area (TPSA) is 55.8 Å². The van der Waals surface area contributed by atoms with Crippen molar-refractivity contribution in [1.82, 2.24) is 0 Å². The zero-order valence-corrected chi connectivity index (χ0v) is 13.5. The summed E-state index contributed by atoms with van der Waals surface area (Å²) in [7, 11) is 1.60. The fourth-order valence-electron chi connectivity index (χ4n) is 2.72. The van der Waals surface area contributed by atoms with Gasteiger partial charge in [0.2, 0.25) is 5.91 Å². The van der Waals surface area contributed by atoms with Crippen molar-refractivity contribution in [2.75, 3.05) is 18.6 Å². The number of para-hydroxylation sites is 1. The minimum absolute atomic E-state index is 0.0485. The summed E-state index contributed by atoms with van der Waals surface area (Å²) < 4.78 is 10.5. The lowest BCUT2D eigenvalue weighted by Crippen LogP contribution is -2.26. The minimum Gasteiger partial charge on any atom is -0.497 e. The van der Waals surface area contributed by atoms with Crippen LogP contribution in [0.15, 0.2) is 54.6 Å². The summed E-state index contributed by atoms with van der Waals surface area (Å²) in [5.41, 5.74) is 1.70. The molecule has 2 aromatic carbocycles. The predicted molar refractivity (Wildman–Crippen MR) is 89.7 cm³/mol. The second-order valence-electron chi connectivity index (χ2n) is 5.70. The summed E-state index contributed by atoms with van der Waals surface area (Å²) in [4.78, 5) is 26.0. The van der Waals surface area contributed by atoms with Crippen LogP contribution in [0.2, 0.25) is 0 Å². The molecule has 0 saturated carbocycles. The van der Waals surface area contributed by atoms with Crippen molar-refractivity contribution in [3.63, 3.8) is 0 Å². The Labute approximate surface area is 140 Å². The average molecular weight is 325 g/mol. The van der Waals surface area contributed by atoms with Crippen LogP contribution < -0.4 is 9.64 Å². The number of hydrogen-bond acceptors (Lipinski definition) is 4. The van der Waals surface area contributed by atoms with Gasteiger partial charge < -0.3 is 14.4 Å². The number of hydrogen-bond donors (Lipinski definition) is 0. The summed E-state index contributed by atoms with van der Waals surface area (Å²) in [5, 5.41) is 0. The molecule has 0 N–H and O–H groups in total. The van der Waals surface area contributed by atoms with Crippen LogP contribution in [-0.2, 0) is 20.9 Å². The Kier molecular flexibility index (Phi) is 4.79. The zero-order chi connectivity index (χ0) is 16.9. The lowest BCUT2D eigenvalue weighted by molar-refractivity contribution is -0.149. The van der Waals surface area contributed by atoms with E-state index in [2.05, 4.69) is 0 Å². The predicted octanol–water partition coefficient (Wildman–Crippen LogP) is 2.79. The van der Waals surface area contributed by atoms with Crippen LogP contribution >= 0.6 is 0 Å². The molecule has 0 unspecified atom stereocenters. The van der Waals surface area contributed by atoms with Gasteiger partial charge in [0, 0.05) is 18.7 Å². The van der Waals surface area contributed by atoms with Gasteiger partial charge in [0.05, 0.1) is 13.0 Å². The van der Waals surface area contributed by atoms with Crippen molar-refractivity contribution in [3.05, 3.63) is 60.2 Å². The van der Waals surface area contributed by atoms with E-state index < -0.39 is 5.92 Å². The van der Waals surface area contributed by atoms with Crippen molar-refractivity contribution < 1.29 is 19.1 Å². The van der Waals surface area contributed by atoms with E-state index in [-0.39, 0.29) is 24.9 Å². The molecule has 24 heavy (non-hydrogen) atoms. The number of anilines is 1. The largest absolute Gasteiger partial charge is 0.497 e. The number of carbonyl (C=O) groups is 2. The molecule has 5 nitrogen and oxygen atoms in total. The first kappa shape index (κ1) is 16.1. The summed E-state index contributed by atoms with van der Waals surface area (Å²) >= 11 is 0. The molecule has 0 bridgehead atoms. The number of nitrogens with zero attached hydrogens (tertiary/aromatic N) is 1. The molecule has 5 heteroatoms. The van der Waals surface area contributed by atoms with Crippen LogP contribution in [0.5, 0.6) is 5.75 Å². The zero-order valence-electron chi connectivity index (χ0n) is 13.5. The monoisotopic (exact) mass is 325 g/mol. The van der Waals surface area contributed by atoms with Crippen LogP contribution in [0.3, 0.4) is 0 Å². The van der Waals surface area contributed by atoms with E-state index in [9.17, 15) is 9.59 Å². The van der Waals surface area contributed by atoms with Gasteiger partial charge in [0.25, 0.3) is 0 Å². The van der Waals surface area contributed by atoms with Gasteiger partial charge in [0.15, 0.2) is 0 Å². The number of amides is 1. The standard InChI is InChI=1S/C19H19NO4/c1-23-17-9-7-14(8-10-17)13-24-19(22)15-11-18(21)20(12-15)16-5-3-2-4-6-16/h2-10,15H,11-13H2,1H3/t15-/m0/s1. The molecule has 1 aliphatic rings. The third-order valence-corrected chi connectivity index (χ3v) is 4.07. The third kappa shape index (κ3) is 3.56. The number of benzene rings is 2. The highest BCUT2D eigenvalue weighted by Crippen LogP contribution is 2.25. The van der Waals surface area contributed by atoms with Gasteiger partial charge in [-0.3, -0.25) is 9.59 Å². The Balaban J connectivity index is 1.57. The first-order chi connectivity index (χ1) is 11.7. The first-order valence-corrected chi connectivity index (χ1v) is 7.82. The second kappa shape index (κ2) is 7.17. The second-order valence-corrected chi connectivity index (χ2v) is 5.70. The van der Waals surface area contributed by atoms with Gasteiger partial charge >= 0.3 is 5.97 Å². The highest BCUT2D eigenvalue weighted by molar-refractivity contribution is 5.99. The SMILES string of the molecule is COc1ccc(COC(=O)[C@H]2CC(=O)N(c3ccccc3)C2)cc1. The molecule has 0 aliphatic carbocycles. The summed E-state index contributed by atoms with van der Waals surface area (Å²) in [6.45, 7) is 0.559. The van der Waals surface area contributed by atoms with Crippen molar-refractivity contribution in [3.8, 4) is 5.75 Å². The van der Waals surface area contributed by atoms with Gasteiger partial charge in [-0.05, 0) is 29.8 Å². The molecule has 1 amide bonds. The van der Waals surface area contributed by atoms with E-state index in [0.717, 1.165) is 17.0 Å². The van der Waals surface area contributed by atoms with Gasteiger partial charge in [-0.15, -0.1) is 0 Å². The van der Waals surface area contributed by atoms with E-state index >= 15 is 0 Å². The Bertz CT molecular complexity index is 712. The smallest absolute Gasteiger partial charge is 0.311 e. The maximum Gasteiger partial charge on any atom is 0.311 e. The molecule has 2 aromatic rings. The van der Waals surface area contributed by atoms with Crippen molar-refractivity contribution in [2.45, 2.75) is 13.0 Å². The fraction of sp³-hybridized carbons (Fsp3) is 0.263. The molecule has 3 rings (SSSR count). The van der Waals surface area contributed by atoms with Crippen molar-refractivity contribution >= 4 is 17.6 Å². The molecule has 0 aromatic heterocycles. The molecule has 0 spiro atoms. The average Bonchev–Trinajstić information content (AvgIpc) is 3.02. The summed E-state index contributed by atoms with van der Waals surface area (Å²) in [6.07, 6.45) is 0.191. The molecule has 1 atom stereocenters. The maximum absolute atomic E-state index is 12.2. The van der Waals surface area contributed by atoms with Gasteiger partial charge in [-0.2, -0.15) is 0 Å². The van der Waals surface area contributed by atoms with Gasteiger partial charge in [0.1, 0.15) is 12.4 Å². The van der Waals surface area contributed by atoms with Crippen LogP contribution in [0.1, 0.15) is 12.0 Å². The van der Waals surface area contributed by atoms with Crippen LogP contribution in [0.4, 0.5) is 5.69 Å². The number of rotatable bonds is 5. The van der Waals surface area contributed by atoms with Gasteiger partial charge in [-0.1, -0.05) is 30.3 Å². The lowest BCUT2D eigenvalue weighted by atomic mass is 10.1. The normalized spacial score (nSPS) is 17.0. The lowest BCUT2D eigenvalue weighted by Gasteiger charge is -2.16. The van der Waals surface area contributed by atoms with E-state index in [1.165, 1.54) is 0 Å².